The molecule has 0 atom stereocenters. The van der Waals surface area contributed by atoms with Crippen LogP contribution in [0.4, 0.5) is 18.3 Å². The second-order valence-corrected chi connectivity index (χ2v) is 8.42. The highest BCUT2D eigenvalue weighted by atomic mass is 35.5. The number of nitrogens with one attached hydrogen (secondary N) is 1. The van der Waals surface area contributed by atoms with Crippen LogP contribution < -0.4 is 5.32 Å². The molecule has 3 aromatic rings. The maximum absolute atomic E-state index is 13.0. The molecule has 1 amide bonds. The minimum atomic E-state index is -4.63. The summed E-state index contributed by atoms with van der Waals surface area (Å²) in [5.41, 5.74) is -0.569. The zero-order chi connectivity index (χ0) is 20.3. The first-order valence-corrected chi connectivity index (χ1v) is 10.2. The van der Waals surface area contributed by atoms with Gasteiger partial charge in [0.1, 0.15) is 0 Å². The van der Waals surface area contributed by atoms with Crippen molar-refractivity contribution >= 4 is 57.3 Å². The standard InChI is InChI=1S/C17H10Cl2F3N3OS2/c18-12-6-5-9(7-13(12)19)8-27-16-25-24-15(28-16)23-14(26)10-3-1-2-4-11(10)17(20,21)22/h1-7H,8H2,(H,23,24,26). The van der Waals surface area contributed by atoms with Crippen LogP contribution in [0, 0.1) is 0 Å². The summed E-state index contributed by atoms with van der Waals surface area (Å²) in [4.78, 5) is 12.2. The Balaban J connectivity index is 1.66. The minimum Gasteiger partial charge on any atom is -0.296 e. The van der Waals surface area contributed by atoms with E-state index in [1.165, 1.54) is 23.9 Å². The van der Waals surface area contributed by atoms with Gasteiger partial charge in [-0.2, -0.15) is 13.2 Å². The van der Waals surface area contributed by atoms with Crippen LogP contribution in [0.2, 0.25) is 10.0 Å². The highest BCUT2D eigenvalue weighted by molar-refractivity contribution is 8.00. The van der Waals surface area contributed by atoms with E-state index in [1.54, 1.807) is 12.1 Å². The number of benzene rings is 2. The molecule has 0 bridgehead atoms. The third-order valence-electron chi connectivity index (χ3n) is 3.45. The molecular weight excluding hydrogens is 454 g/mol. The Hall–Kier alpha value is -1.81. The average Bonchev–Trinajstić information content (AvgIpc) is 3.09. The van der Waals surface area contributed by atoms with Gasteiger partial charge in [-0.3, -0.25) is 10.1 Å². The zero-order valence-electron chi connectivity index (χ0n) is 13.8. The highest BCUT2D eigenvalue weighted by Gasteiger charge is 2.35. The summed E-state index contributed by atoms with van der Waals surface area (Å²) in [6, 6.07) is 9.79. The number of carbonyl (C=O) groups is 1. The second kappa shape index (κ2) is 8.69. The number of amides is 1. The van der Waals surface area contributed by atoms with Crippen LogP contribution in [0.5, 0.6) is 0 Å². The molecule has 4 nitrogen and oxygen atoms in total. The molecule has 0 aliphatic heterocycles. The first-order valence-electron chi connectivity index (χ1n) is 7.62. The molecule has 0 aliphatic carbocycles. The lowest BCUT2D eigenvalue weighted by atomic mass is 10.1. The van der Waals surface area contributed by atoms with Gasteiger partial charge < -0.3 is 0 Å². The molecular formula is C17H10Cl2F3N3OS2. The normalized spacial score (nSPS) is 11.5. The Morgan fingerprint density at radius 2 is 1.86 bits per heavy atom. The summed E-state index contributed by atoms with van der Waals surface area (Å²) in [5, 5.41) is 11.1. The van der Waals surface area contributed by atoms with Crippen molar-refractivity contribution in [2.45, 2.75) is 16.3 Å². The summed E-state index contributed by atoms with van der Waals surface area (Å²) < 4.78 is 39.7. The van der Waals surface area contributed by atoms with Crippen LogP contribution in [0.15, 0.2) is 46.8 Å². The van der Waals surface area contributed by atoms with Crippen molar-refractivity contribution in [2.24, 2.45) is 0 Å². The molecule has 0 fully saturated rings. The Morgan fingerprint density at radius 1 is 1.11 bits per heavy atom. The first-order chi connectivity index (χ1) is 13.2. The molecule has 0 unspecified atom stereocenters. The summed E-state index contributed by atoms with van der Waals surface area (Å²) in [6.45, 7) is 0. The molecule has 0 radical (unpaired) electrons. The monoisotopic (exact) mass is 463 g/mol. The molecule has 28 heavy (non-hydrogen) atoms. The van der Waals surface area contributed by atoms with Crippen molar-refractivity contribution in [2.75, 3.05) is 5.32 Å². The Bertz CT molecular complexity index is 1010. The lowest BCUT2D eigenvalue weighted by Gasteiger charge is -2.11. The number of carbonyl (C=O) groups excluding carboxylic acids is 1. The second-order valence-electron chi connectivity index (χ2n) is 5.41. The Labute approximate surface area is 176 Å². The topological polar surface area (TPSA) is 54.9 Å². The van der Waals surface area contributed by atoms with E-state index in [0.717, 1.165) is 29.0 Å². The average molecular weight is 464 g/mol. The molecule has 2 aromatic carbocycles. The van der Waals surface area contributed by atoms with Crippen molar-refractivity contribution in [3.05, 3.63) is 69.2 Å². The van der Waals surface area contributed by atoms with E-state index >= 15 is 0 Å². The number of nitrogens with zero attached hydrogens (tertiary/aromatic N) is 2. The summed E-state index contributed by atoms with van der Waals surface area (Å²) in [5.74, 6) is -0.360. The number of hydrogen-bond donors (Lipinski definition) is 1. The number of halogens is 5. The highest BCUT2D eigenvalue weighted by Crippen LogP contribution is 2.33. The van der Waals surface area contributed by atoms with Gasteiger partial charge in [-0.15, -0.1) is 10.2 Å². The SMILES string of the molecule is O=C(Nc1nnc(SCc2ccc(Cl)c(Cl)c2)s1)c1ccccc1C(F)(F)F. The zero-order valence-corrected chi connectivity index (χ0v) is 16.9. The van der Waals surface area contributed by atoms with Crippen LogP contribution in [0.3, 0.4) is 0 Å². The third-order valence-corrected chi connectivity index (χ3v) is 6.23. The predicted molar refractivity (Wildman–Crippen MR) is 105 cm³/mol. The number of rotatable bonds is 5. The molecule has 3 rings (SSSR count). The van der Waals surface area contributed by atoms with E-state index in [4.69, 9.17) is 23.2 Å². The summed E-state index contributed by atoms with van der Waals surface area (Å²) in [7, 11) is 0. The predicted octanol–water partition coefficient (Wildman–Crippen LogP) is 6.41. The van der Waals surface area contributed by atoms with Gasteiger partial charge in [-0.1, -0.05) is 64.5 Å². The molecule has 11 heteroatoms. The number of hydrogen-bond acceptors (Lipinski definition) is 5. The largest absolute Gasteiger partial charge is 0.417 e. The van der Waals surface area contributed by atoms with E-state index < -0.39 is 23.2 Å². The van der Waals surface area contributed by atoms with Crippen molar-refractivity contribution < 1.29 is 18.0 Å². The molecule has 0 saturated carbocycles. The fraction of sp³-hybridized carbons (Fsp3) is 0.118. The Morgan fingerprint density at radius 3 is 2.57 bits per heavy atom. The molecule has 1 N–H and O–H groups in total. The van der Waals surface area contributed by atoms with Gasteiger partial charge in [0.05, 0.1) is 21.2 Å². The molecule has 146 valence electrons. The van der Waals surface area contributed by atoms with Crippen LogP contribution in [0.1, 0.15) is 21.5 Å². The molecule has 0 aliphatic rings. The fourth-order valence-corrected chi connectivity index (χ4v) is 4.20. The van der Waals surface area contributed by atoms with Crippen LogP contribution >= 0.6 is 46.3 Å². The number of aromatic nitrogens is 2. The van der Waals surface area contributed by atoms with Crippen molar-refractivity contribution in [1.82, 2.24) is 10.2 Å². The summed E-state index contributed by atoms with van der Waals surface area (Å²) >= 11 is 14.3. The Kier molecular flexibility index (Phi) is 6.49. The lowest BCUT2D eigenvalue weighted by Crippen LogP contribution is -2.18. The van der Waals surface area contributed by atoms with Gasteiger partial charge in [-0.25, -0.2) is 0 Å². The number of thioether (sulfide) groups is 1. The van der Waals surface area contributed by atoms with Gasteiger partial charge >= 0.3 is 6.18 Å². The molecule has 0 saturated heterocycles. The lowest BCUT2D eigenvalue weighted by molar-refractivity contribution is -0.137. The minimum absolute atomic E-state index is 0.110. The van der Waals surface area contributed by atoms with Crippen molar-refractivity contribution in [3.63, 3.8) is 0 Å². The number of anilines is 1. The molecule has 1 aromatic heterocycles. The maximum atomic E-state index is 13.0. The van der Waals surface area contributed by atoms with Crippen molar-refractivity contribution in [3.8, 4) is 0 Å². The van der Waals surface area contributed by atoms with E-state index in [2.05, 4.69) is 15.5 Å². The quantitative estimate of drug-likeness (QED) is 0.350. The van der Waals surface area contributed by atoms with Gasteiger partial charge in [0, 0.05) is 5.75 Å². The van der Waals surface area contributed by atoms with E-state index in [-0.39, 0.29) is 5.13 Å². The molecule has 0 spiro atoms. The molecule has 1 heterocycles. The van der Waals surface area contributed by atoms with Gasteiger partial charge in [-0.05, 0) is 29.8 Å². The van der Waals surface area contributed by atoms with E-state index in [1.807, 2.05) is 6.07 Å². The van der Waals surface area contributed by atoms with E-state index in [0.29, 0.717) is 20.1 Å². The van der Waals surface area contributed by atoms with Gasteiger partial charge in [0.2, 0.25) is 5.13 Å². The van der Waals surface area contributed by atoms with Crippen LogP contribution in [-0.2, 0) is 11.9 Å². The smallest absolute Gasteiger partial charge is 0.296 e. The van der Waals surface area contributed by atoms with Crippen molar-refractivity contribution in [1.29, 1.82) is 0 Å². The van der Waals surface area contributed by atoms with Gasteiger partial charge in [0.25, 0.3) is 5.91 Å². The van der Waals surface area contributed by atoms with Crippen LogP contribution in [0.25, 0.3) is 0 Å². The van der Waals surface area contributed by atoms with E-state index in [9.17, 15) is 18.0 Å². The third kappa shape index (κ3) is 5.16. The summed E-state index contributed by atoms with van der Waals surface area (Å²) in [6.07, 6.45) is -4.63. The first kappa shape index (κ1) is 20.9. The van der Waals surface area contributed by atoms with Gasteiger partial charge in [0.15, 0.2) is 4.34 Å². The maximum Gasteiger partial charge on any atom is 0.417 e. The number of alkyl halides is 3. The van der Waals surface area contributed by atoms with Crippen LogP contribution in [-0.4, -0.2) is 16.1 Å². The fourth-order valence-electron chi connectivity index (χ4n) is 2.19.